The van der Waals surface area contributed by atoms with Crippen LogP contribution in [0.5, 0.6) is 0 Å². The van der Waals surface area contributed by atoms with Crippen LogP contribution in [0, 0.1) is 0 Å². The summed E-state index contributed by atoms with van der Waals surface area (Å²) in [5.74, 6) is 0. The van der Waals surface area contributed by atoms with Gasteiger partial charge in [-0.15, -0.1) is 0 Å². The summed E-state index contributed by atoms with van der Waals surface area (Å²) >= 11 is -0.873. The quantitative estimate of drug-likeness (QED) is 0.292. The molecule has 0 aliphatic rings. The van der Waals surface area contributed by atoms with E-state index in [4.69, 9.17) is 10.0 Å². The van der Waals surface area contributed by atoms with Gasteiger partial charge in [-0.3, -0.25) is 10.0 Å². The lowest BCUT2D eigenvalue weighted by Gasteiger charge is -2.05. The number of rotatable bonds is 9. The van der Waals surface area contributed by atoms with Gasteiger partial charge in [0.2, 0.25) is 0 Å². The Morgan fingerprint density at radius 1 is 1.14 bits per heavy atom. The van der Waals surface area contributed by atoms with Crippen molar-refractivity contribution < 1.29 is 0 Å². The highest BCUT2D eigenvalue weighted by Crippen LogP contribution is 2.17. The predicted molar refractivity (Wildman–Crippen MR) is 69.4 cm³/mol. The SMILES string of the molecule is C=C(CCCCCC)C[CH2][Al]([Cl])[CH2]C. The molecule has 82 valence electrons. The Morgan fingerprint density at radius 3 is 2.43 bits per heavy atom. The normalized spacial score (nSPS) is 10.2. The van der Waals surface area contributed by atoms with Crippen LogP contribution in [0.1, 0.15) is 52.4 Å². The monoisotopic (exact) mass is 230 g/mol. The van der Waals surface area contributed by atoms with Crippen molar-refractivity contribution >= 4 is 23.3 Å². The first kappa shape index (κ1) is 14.6. The Kier molecular flexibility index (Phi) is 10.5. The zero-order valence-corrected chi connectivity index (χ0v) is 11.7. The van der Waals surface area contributed by atoms with Crippen molar-refractivity contribution in [3.05, 3.63) is 12.2 Å². The smallest absolute Gasteiger partial charge is 0.261 e. The summed E-state index contributed by atoms with van der Waals surface area (Å²) in [6, 6.07) is 0. The van der Waals surface area contributed by atoms with E-state index in [1.807, 2.05) is 0 Å². The van der Waals surface area contributed by atoms with E-state index < -0.39 is 13.2 Å². The summed E-state index contributed by atoms with van der Waals surface area (Å²) in [7, 11) is 6.19. The van der Waals surface area contributed by atoms with Crippen LogP contribution in [0.25, 0.3) is 0 Å². The molecule has 0 aromatic carbocycles. The third-order valence-electron chi connectivity index (χ3n) is 2.64. The fraction of sp³-hybridized carbons (Fsp3) is 0.833. The number of hydrogen-bond acceptors (Lipinski definition) is 0. The summed E-state index contributed by atoms with van der Waals surface area (Å²) in [6.45, 7) is 8.57. The molecule has 0 aromatic heterocycles. The van der Waals surface area contributed by atoms with Crippen molar-refractivity contribution in [3.63, 3.8) is 0 Å². The minimum absolute atomic E-state index is 0.873. The average Bonchev–Trinajstić information content (AvgIpc) is 2.21. The van der Waals surface area contributed by atoms with Crippen LogP contribution >= 0.6 is 10.0 Å². The van der Waals surface area contributed by atoms with E-state index in [1.165, 1.54) is 54.7 Å². The van der Waals surface area contributed by atoms with Gasteiger partial charge in [0.1, 0.15) is 0 Å². The second-order valence-corrected chi connectivity index (χ2v) is 8.54. The summed E-state index contributed by atoms with van der Waals surface area (Å²) in [5, 5.41) is 2.45. The highest BCUT2D eigenvalue weighted by Gasteiger charge is 2.11. The molecule has 0 rings (SSSR count). The minimum atomic E-state index is -0.873. The summed E-state index contributed by atoms with van der Waals surface area (Å²) in [4.78, 5) is 0. The summed E-state index contributed by atoms with van der Waals surface area (Å²) in [5.41, 5.74) is 1.42. The van der Waals surface area contributed by atoms with E-state index in [9.17, 15) is 0 Å². The maximum atomic E-state index is 6.19. The molecule has 0 atom stereocenters. The van der Waals surface area contributed by atoms with E-state index in [0.29, 0.717) is 0 Å². The van der Waals surface area contributed by atoms with Crippen molar-refractivity contribution in [1.82, 2.24) is 0 Å². The summed E-state index contributed by atoms with van der Waals surface area (Å²) in [6.07, 6.45) is 7.79. The molecule has 2 heteroatoms. The highest BCUT2D eigenvalue weighted by atomic mass is 35.6. The van der Waals surface area contributed by atoms with Gasteiger partial charge in [0.15, 0.2) is 0 Å². The van der Waals surface area contributed by atoms with Crippen molar-refractivity contribution in [1.29, 1.82) is 0 Å². The third-order valence-corrected chi connectivity index (χ3v) is 6.02. The Morgan fingerprint density at radius 2 is 1.86 bits per heavy atom. The maximum Gasteiger partial charge on any atom is 0.399 e. The fourth-order valence-corrected chi connectivity index (χ4v) is 2.95. The lowest BCUT2D eigenvalue weighted by Crippen LogP contribution is -2.00. The number of unbranched alkanes of at least 4 members (excludes halogenated alkanes) is 3. The molecule has 0 aliphatic carbocycles. The van der Waals surface area contributed by atoms with Gasteiger partial charge in [-0.05, 0) is 19.3 Å². The first-order valence-corrected chi connectivity index (χ1v) is 9.39. The molecular weight excluding hydrogens is 207 g/mol. The molecule has 0 saturated heterocycles. The van der Waals surface area contributed by atoms with Gasteiger partial charge >= 0.3 is 13.2 Å². The maximum absolute atomic E-state index is 6.19. The van der Waals surface area contributed by atoms with Gasteiger partial charge in [-0.1, -0.05) is 55.8 Å². The lowest BCUT2D eigenvalue weighted by molar-refractivity contribution is 0.658. The van der Waals surface area contributed by atoms with Gasteiger partial charge < -0.3 is 0 Å². The van der Waals surface area contributed by atoms with Gasteiger partial charge in [-0.25, -0.2) is 0 Å². The van der Waals surface area contributed by atoms with Crippen LogP contribution in [-0.2, 0) is 0 Å². The van der Waals surface area contributed by atoms with Crippen LogP contribution in [0.15, 0.2) is 12.2 Å². The molecule has 0 nitrogen and oxygen atoms in total. The first-order chi connectivity index (χ1) is 6.70. The van der Waals surface area contributed by atoms with E-state index in [2.05, 4.69) is 20.4 Å². The van der Waals surface area contributed by atoms with Crippen molar-refractivity contribution in [2.75, 3.05) is 0 Å². The van der Waals surface area contributed by atoms with Crippen LogP contribution < -0.4 is 0 Å². The van der Waals surface area contributed by atoms with E-state index in [-0.39, 0.29) is 0 Å². The highest BCUT2D eigenvalue weighted by molar-refractivity contribution is 7.06. The van der Waals surface area contributed by atoms with Crippen molar-refractivity contribution in [3.8, 4) is 0 Å². The molecule has 0 unspecified atom stereocenters. The molecule has 0 spiro atoms. The molecule has 0 amide bonds. The molecule has 0 aromatic rings. The molecule has 0 radical (unpaired) electrons. The number of allylic oxidation sites excluding steroid dienone is 1. The summed E-state index contributed by atoms with van der Waals surface area (Å²) < 4.78 is 0. The minimum Gasteiger partial charge on any atom is -0.261 e. The molecule has 14 heavy (non-hydrogen) atoms. The molecule has 0 heterocycles. The molecular formula is C12H24AlCl. The van der Waals surface area contributed by atoms with Crippen LogP contribution in [0.3, 0.4) is 0 Å². The van der Waals surface area contributed by atoms with Crippen LogP contribution in [0.4, 0.5) is 0 Å². The Hall–Kier alpha value is 0.562. The fourth-order valence-electron chi connectivity index (χ4n) is 1.49. The van der Waals surface area contributed by atoms with Crippen LogP contribution in [-0.4, -0.2) is 13.2 Å². The lowest BCUT2D eigenvalue weighted by atomic mass is 10.1. The first-order valence-electron chi connectivity index (χ1n) is 6.01. The molecule has 0 aliphatic heterocycles. The third kappa shape index (κ3) is 9.13. The largest absolute Gasteiger partial charge is 0.399 e. The topological polar surface area (TPSA) is 0 Å². The standard InChI is InChI=1S/C10H19.C2H5.Al.ClH/c1-4-6-7-8-9-10(3)5-2;1-2;;/h2-9H2,1H3;1H2,2H3;;1H/q;;+1;/p-1. The Labute approximate surface area is 98.3 Å². The van der Waals surface area contributed by atoms with Gasteiger partial charge in [0, 0.05) is 0 Å². The molecule has 0 bridgehead atoms. The number of halogens is 1. The average molecular weight is 231 g/mol. The van der Waals surface area contributed by atoms with Crippen LogP contribution in [0.2, 0.25) is 10.6 Å². The zero-order chi connectivity index (χ0) is 10.8. The van der Waals surface area contributed by atoms with E-state index >= 15 is 0 Å². The number of hydrogen-bond donors (Lipinski definition) is 0. The second kappa shape index (κ2) is 10.1. The van der Waals surface area contributed by atoms with E-state index in [0.717, 1.165) is 0 Å². The predicted octanol–water partition coefficient (Wildman–Crippen LogP) is 5.15. The second-order valence-electron chi connectivity index (χ2n) is 4.10. The zero-order valence-electron chi connectivity index (χ0n) is 9.82. The van der Waals surface area contributed by atoms with Gasteiger partial charge in [0.05, 0.1) is 0 Å². The Balaban J connectivity index is 3.28. The van der Waals surface area contributed by atoms with Crippen molar-refractivity contribution in [2.45, 2.75) is 62.9 Å². The van der Waals surface area contributed by atoms with Gasteiger partial charge in [0.25, 0.3) is 0 Å². The Bertz CT molecular complexity index is 145. The molecule has 0 saturated carbocycles. The van der Waals surface area contributed by atoms with Crippen molar-refractivity contribution in [2.24, 2.45) is 0 Å². The van der Waals surface area contributed by atoms with E-state index in [1.54, 1.807) is 0 Å². The van der Waals surface area contributed by atoms with Gasteiger partial charge in [-0.2, -0.15) is 0 Å². The molecule has 0 N–H and O–H groups in total. The molecule has 0 fully saturated rings.